The Bertz CT molecular complexity index is 3290. The molecule has 0 saturated carbocycles. The van der Waals surface area contributed by atoms with E-state index in [0.29, 0.717) is 0 Å². The lowest BCUT2D eigenvalue weighted by molar-refractivity contribution is 0.769. The van der Waals surface area contributed by atoms with Crippen molar-refractivity contribution in [3.8, 4) is 56.2 Å². The zero-order chi connectivity index (χ0) is 41.6. The third-order valence-corrected chi connectivity index (χ3v) is 12.5. The molecule has 3 nitrogen and oxygen atoms in total. The van der Waals surface area contributed by atoms with Gasteiger partial charge in [0.1, 0.15) is 0 Å². The minimum Gasteiger partial charge on any atom is -0.247 e. The normalized spacial score (nSPS) is 12.7. The second-order valence-corrected chi connectivity index (χ2v) is 15.9. The first kappa shape index (κ1) is 37.0. The van der Waals surface area contributed by atoms with E-state index in [1.165, 1.54) is 38.8 Å². The summed E-state index contributed by atoms with van der Waals surface area (Å²) in [5.41, 5.74) is 17.4. The molecule has 0 unspecified atom stereocenters. The fourth-order valence-electron chi connectivity index (χ4n) is 9.71. The van der Waals surface area contributed by atoms with Gasteiger partial charge in [0, 0.05) is 27.5 Å². The zero-order valence-corrected chi connectivity index (χ0v) is 34.3. The van der Waals surface area contributed by atoms with Gasteiger partial charge < -0.3 is 0 Å². The largest absolute Gasteiger partial charge is 0.247 e. The Balaban J connectivity index is 1.04. The lowest BCUT2D eigenvalue weighted by atomic mass is 9.67. The summed E-state index contributed by atoms with van der Waals surface area (Å²) >= 11 is 0. The lowest BCUT2D eigenvalue weighted by Crippen LogP contribution is -2.28. The van der Waals surface area contributed by atoms with Gasteiger partial charge >= 0.3 is 0 Å². The molecule has 0 N–H and O–H groups in total. The van der Waals surface area contributed by atoms with Crippen LogP contribution in [0.25, 0.3) is 83.9 Å². The van der Waals surface area contributed by atoms with Crippen molar-refractivity contribution in [3.63, 3.8) is 0 Å². The van der Waals surface area contributed by atoms with Crippen LogP contribution in [-0.2, 0) is 5.41 Å². The summed E-state index contributed by atoms with van der Waals surface area (Å²) in [6.45, 7) is 6.21. The van der Waals surface area contributed by atoms with Crippen molar-refractivity contribution in [2.75, 3.05) is 0 Å². The number of hydrogen-bond donors (Lipinski definition) is 0. The highest BCUT2D eigenvalue weighted by Gasteiger charge is 2.46. The number of rotatable bonds is 8. The number of allylic oxidation sites excluding steroid dienone is 2. The van der Waals surface area contributed by atoms with Crippen LogP contribution in [0.5, 0.6) is 0 Å². The SMILES string of the molecule is C=C/C=C\c1nc(-c2ccc(-c3ccc(-c4nc(-c5ccccc5)nc5ccccc45)cc3)cc2)c2ccc3c(c2c1C)-c1ccccc1C3(c1ccccc1)c1ccccc1. The van der Waals surface area contributed by atoms with Crippen LogP contribution >= 0.6 is 0 Å². The number of benzene rings is 8. The van der Waals surface area contributed by atoms with Crippen molar-refractivity contribution in [3.05, 3.63) is 252 Å². The number of aryl methyl sites for hydroxylation is 1. The van der Waals surface area contributed by atoms with Crippen LogP contribution in [0.3, 0.4) is 0 Å². The molecule has 0 bridgehead atoms. The maximum atomic E-state index is 5.40. The topological polar surface area (TPSA) is 38.7 Å². The Morgan fingerprint density at radius 1 is 0.452 bits per heavy atom. The van der Waals surface area contributed by atoms with Crippen LogP contribution in [0.4, 0.5) is 0 Å². The highest BCUT2D eigenvalue weighted by atomic mass is 14.9. The van der Waals surface area contributed by atoms with Crippen LogP contribution < -0.4 is 0 Å². The summed E-state index contributed by atoms with van der Waals surface area (Å²) in [6, 6.07) is 71.6. The molecule has 0 fully saturated rings. The molecule has 62 heavy (non-hydrogen) atoms. The third kappa shape index (κ3) is 5.93. The van der Waals surface area contributed by atoms with Gasteiger partial charge in [-0.05, 0) is 74.5 Å². The van der Waals surface area contributed by atoms with Crippen molar-refractivity contribution in [1.82, 2.24) is 15.0 Å². The number of pyridine rings is 1. The molecule has 10 aromatic rings. The average Bonchev–Trinajstić information content (AvgIpc) is 3.65. The second-order valence-electron chi connectivity index (χ2n) is 15.9. The number of aromatic nitrogens is 3. The number of nitrogens with zero attached hydrogens (tertiary/aromatic N) is 3. The van der Waals surface area contributed by atoms with E-state index in [-0.39, 0.29) is 0 Å². The fourth-order valence-corrected chi connectivity index (χ4v) is 9.71. The van der Waals surface area contributed by atoms with Crippen LogP contribution in [0, 0.1) is 6.92 Å². The number of fused-ring (bicyclic) bond motifs is 6. The van der Waals surface area contributed by atoms with Gasteiger partial charge in [-0.2, -0.15) is 0 Å². The molecule has 2 heterocycles. The minimum atomic E-state index is -0.489. The Hall–Kier alpha value is -8.01. The maximum absolute atomic E-state index is 5.40. The van der Waals surface area contributed by atoms with Crippen LogP contribution in [0.1, 0.15) is 33.5 Å². The molecule has 0 aliphatic heterocycles. The van der Waals surface area contributed by atoms with E-state index in [1.807, 2.05) is 42.5 Å². The van der Waals surface area contributed by atoms with Crippen molar-refractivity contribution in [1.29, 1.82) is 0 Å². The molecule has 2 aromatic heterocycles. The first-order valence-corrected chi connectivity index (χ1v) is 21.1. The summed E-state index contributed by atoms with van der Waals surface area (Å²) < 4.78 is 0. The van der Waals surface area contributed by atoms with Crippen molar-refractivity contribution < 1.29 is 0 Å². The van der Waals surface area contributed by atoms with E-state index in [2.05, 4.69) is 189 Å². The Morgan fingerprint density at radius 3 is 1.65 bits per heavy atom. The molecule has 1 aliphatic rings. The predicted molar refractivity (Wildman–Crippen MR) is 258 cm³/mol. The molecular formula is C59H41N3. The quantitative estimate of drug-likeness (QED) is 0.144. The zero-order valence-electron chi connectivity index (χ0n) is 34.3. The third-order valence-electron chi connectivity index (χ3n) is 12.5. The first-order valence-electron chi connectivity index (χ1n) is 21.1. The molecule has 1 aliphatic carbocycles. The summed E-state index contributed by atoms with van der Waals surface area (Å²) in [7, 11) is 0. The van der Waals surface area contributed by atoms with Crippen molar-refractivity contribution in [2.45, 2.75) is 12.3 Å². The summed E-state index contributed by atoms with van der Waals surface area (Å²) in [4.78, 5) is 15.4. The van der Waals surface area contributed by atoms with E-state index in [9.17, 15) is 0 Å². The van der Waals surface area contributed by atoms with Gasteiger partial charge in [0.2, 0.25) is 0 Å². The van der Waals surface area contributed by atoms with Gasteiger partial charge in [0.15, 0.2) is 5.82 Å². The summed E-state index contributed by atoms with van der Waals surface area (Å²) in [6.07, 6.45) is 5.90. The molecular weight excluding hydrogens is 751 g/mol. The van der Waals surface area contributed by atoms with Crippen LogP contribution in [-0.4, -0.2) is 15.0 Å². The van der Waals surface area contributed by atoms with Gasteiger partial charge in [-0.25, -0.2) is 15.0 Å². The molecule has 11 rings (SSSR count). The van der Waals surface area contributed by atoms with Crippen molar-refractivity contribution >= 4 is 27.8 Å². The molecule has 0 amide bonds. The van der Waals surface area contributed by atoms with Gasteiger partial charge in [0.25, 0.3) is 0 Å². The lowest BCUT2D eigenvalue weighted by Gasteiger charge is -2.34. The Morgan fingerprint density at radius 2 is 1.00 bits per heavy atom. The van der Waals surface area contributed by atoms with E-state index in [4.69, 9.17) is 15.0 Å². The van der Waals surface area contributed by atoms with Gasteiger partial charge in [0.05, 0.1) is 28.0 Å². The van der Waals surface area contributed by atoms with Gasteiger partial charge in [-0.15, -0.1) is 0 Å². The summed E-state index contributed by atoms with van der Waals surface area (Å²) in [5.74, 6) is 0.722. The molecule has 0 saturated heterocycles. The second kappa shape index (κ2) is 15.2. The molecule has 0 atom stereocenters. The fraction of sp³-hybridized carbons (Fsp3) is 0.0339. The molecule has 292 valence electrons. The van der Waals surface area contributed by atoms with E-state index in [0.717, 1.165) is 72.6 Å². The van der Waals surface area contributed by atoms with Crippen LogP contribution in [0.2, 0.25) is 0 Å². The van der Waals surface area contributed by atoms with Crippen LogP contribution in [0.15, 0.2) is 219 Å². The van der Waals surface area contributed by atoms with E-state index >= 15 is 0 Å². The Kier molecular flexibility index (Phi) is 9.09. The maximum Gasteiger partial charge on any atom is 0.160 e. The highest BCUT2D eigenvalue weighted by molar-refractivity contribution is 6.10. The summed E-state index contributed by atoms with van der Waals surface area (Å²) in [5, 5.41) is 3.39. The highest BCUT2D eigenvalue weighted by Crippen LogP contribution is 2.58. The number of para-hydroxylation sites is 1. The standard InChI is InChI=1S/C59H41N3/c1-3-4-27-52-39(2)54-49(37-38-51-55(54)47-24-14-16-26-50(47)59(51,45-20-10-6-11-21-45)46-22-12-7-13-23-46)57(60-52)43-35-31-41(32-36-43)40-29-33-42(34-30-40)56-48-25-15-17-28-53(48)61-58(62-56)44-18-8-5-9-19-44/h3-38H,1H2,2H3/b27-4-. The number of hydrogen-bond acceptors (Lipinski definition) is 3. The first-order chi connectivity index (χ1) is 30.6. The molecule has 0 radical (unpaired) electrons. The Labute approximate surface area is 362 Å². The van der Waals surface area contributed by atoms with E-state index in [1.54, 1.807) is 0 Å². The van der Waals surface area contributed by atoms with Gasteiger partial charge in [-0.3, -0.25) is 0 Å². The molecule has 3 heteroatoms. The monoisotopic (exact) mass is 791 g/mol. The van der Waals surface area contributed by atoms with Gasteiger partial charge in [-0.1, -0.05) is 213 Å². The minimum absolute atomic E-state index is 0.489. The smallest absolute Gasteiger partial charge is 0.160 e. The predicted octanol–water partition coefficient (Wildman–Crippen LogP) is 14.7. The average molecular weight is 792 g/mol. The van der Waals surface area contributed by atoms with E-state index < -0.39 is 5.41 Å². The molecule has 8 aromatic carbocycles. The van der Waals surface area contributed by atoms with Crippen molar-refractivity contribution in [2.24, 2.45) is 0 Å². The molecule has 0 spiro atoms.